The van der Waals surface area contributed by atoms with Gasteiger partial charge in [0.1, 0.15) is 12.7 Å². The largest absolute Gasteiger partial charge is 0.472 e. The van der Waals surface area contributed by atoms with Crippen LogP contribution in [-0.4, -0.2) is 70.4 Å². The van der Waals surface area contributed by atoms with Crippen molar-refractivity contribution in [2.75, 3.05) is 26.4 Å². The number of carbonyl (C=O) groups is 2. The van der Waals surface area contributed by atoms with E-state index in [4.69, 9.17) is 23.8 Å². The van der Waals surface area contributed by atoms with E-state index >= 15 is 0 Å². The normalized spacial score (nSPS) is 14.9. The number of allylic oxidation sites excluding steroid dienone is 16. The zero-order chi connectivity index (χ0) is 45.1. The van der Waals surface area contributed by atoms with Crippen LogP contribution in [0.3, 0.4) is 0 Å². The van der Waals surface area contributed by atoms with Gasteiger partial charge < -0.3 is 29.3 Å². The van der Waals surface area contributed by atoms with Gasteiger partial charge in [0, 0.05) is 12.8 Å². The Hall–Kier alpha value is -2.96. The van der Waals surface area contributed by atoms with Crippen LogP contribution in [0.2, 0.25) is 0 Å². The monoisotopic (exact) mass is 898 g/mol. The quantitative estimate of drug-likeness (QED) is 0.0196. The van der Waals surface area contributed by atoms with Crippen molar-refractivity contribution in [2.45, 2.75) is 154 Å². The summed E-state index contributed by atoms with van der Waals surface area (Å²) in [6, 6.07) is 0. The van der Waals surface area contributed by atoms with Crippen LogP contribution in [0.5, 0.6) is 0 Å². The lowest BCUT2D eigenvalue weighted by Crippen LogP contribution is -2.29. The number of ether oxygens (including phenoxy) is 2. The molecule has 3 atom stereocenters. The maximum Gasteiger partial charge on any atom is 0.472 e. The molecule has 61 heavy (non-hydrogen) atoms. The lowest BCUT2D eigenvalue weighted by Gasteiger charge is -2.20. The first kappa shape index (κ1) is 58.0. The van der Waals surface area contributed by atoms with Gasteiger partial charge in [-0.05, 0) is 89.9 Å². The van der Waals surface area contributed by atoms with Gasteiger partial charge in [-0.2, -0.15) is 0 Å². The first-order valence-electron chi connectivity index (χ1n) is 21.9. The molecule has 0 heterocycles. The topological polar surface area (TPSA) is 195 Å². The van der Waals surface area contributed by atoms with Gasteiger partial charge in [0.05, 0.1) is 19.8 Å². The minimum atomic E-state index is -4.88. The van der Waals surface area contributed by atoms with E-state index in [-0.39, 0.29) is 12.8 Å². The molecule has 0 aliphatic rings. The van der Waals surface area contributed by atoms with Gasteiger partial charge in [0.25, 0.3) is 0 Å². The number of rotatable bonds is 40. The summed E-state index contributed by atoms with van der Waals surface area (Å²) >= 11 is 0. The Morgan fingerprint density at radius 2 is 0.869 bits per heavy atom. The number of phosphoric acid groups is 2. The standard InChI is InChI=1S/C46H76O13P2/c1-3-5-7-9-11-13-15-17-19-20-21-22-24-26-28-30-32-34-36-38-46(49)59-44(42-58-61(53,54)57-40-43(47)39-56-60(50,51)52)41-55-45(48)37-35-33-31-29-27-25-23-18-16-14-12-10-8-6-4-2/h11-14,17-19,21-23,26-29,32,34,43-44,47H,3-10,15-16,20,24-25,30-31,33,35-42H2,1-2H3,(H,53,54)(H2,50,51,52). The fourth-order valence-corrected chi connectivity index (χ4v) is 6.26. The van der Waals surface area contributed by atoms with E-state index in [0.717, 1.165) is 57.8 Å². The van der Waals surface area contributed by atoms with Gasteiger partial charge in [-0.25, -0.2) is 9.13 Å². The van der Waals surface area contributed by atoms with Gasteiger partial charge in [0.15, 0.2) is 6.10 Å². The van der Waals surface area contributed by atoms with Gasteiger partial charge in [-0.3, -0.25) is 23.2 Å². The third-order valence-electron chi connectivity index (χ3n) is 8.45. The summed E-state index contributed by atoms with van der Waals surface area (Å²) in [6.07, 6.45) is 48.4. The zero-order valence-corrected chi connectivity index (χ0v) is 38.5. The third kappa shape index (κ3) is 44.9. The molecule has 0 amide bonds. The average molecular weight is 899 g/mol. The molecule has 0 rings (SSSR count). The second-order valence-corrected chi connectivity index (χ2v) is 16.9. The second kappa shape index (κ2) is 41.1. The highest BCUT2D eigenvalue weighted by molar-refractivity contribution is 7.47. The smallest absolute Gasteiger partial charge is 0.462 e. The van der Waals surface area contributed by atoms with Crippen molar-refractivity contribution >= 4 is 27.6 Å². The summed E-state index contributed by atoms with van der Waals surface area (Å²) in [5, 5.41) is 9.74. The summed E-state index contributed by atoms with van der Waals surface area (Å²) in [5.41, 5.74) is 0. The van der Waals surface area contributed by atoms with Crippen LogP contribution >= 0.6 is 15.6 Å². The first-order chi connectivity index (χ1) is 29.4. The Labute approximate surface area is 366 Å². The average Bonchev–Trinajstić information content (AvgIpc) is 3.22. The molecule has 0 radical (unpaired) electrons. The zero-order valence-electron chi connectivity index (χ0n) is 36.7. The Kier molecular flexibility index (Phi) is 39.1. The van der Waals surface area contributed by atoms with E-state index < -0.39 is 66.2 Å². The summed E-state index contributed by atoms with van der Waals surface area (Å²) in [7, 11) is -9.72. The second-order valence-electron chi connectivity index (χ2n) is 14.3. The lowest BCUT2D eigenvalue weighted by atomic mass is 10.1. The highest BCUT2D eigenvalue weighted by Gasteiger charge is 2.28. The molecule has 0 fully saturated rings. The van der Waals surface area contributed by atoms with Crippen LogP contribution in [-0.2, 0) is 41.8 Å². The molecule has 0 aromatic carbocycles. The van der Waals surface area contributed by atoms with Crippen LogP contribution in [0.15, 0.2) is 97.2 Å². The number of esters is 2. The number of hydrogen-bond acceptors (Lipinski definition) is 10. The molecule has 348 valence electrons. The summed E-state index contributed by atoms with van der Waals surface area (Å²) in [5.74, 6) is -1.18. The number of hydrogen-bond donors (Lipinski definition) is 4. The molecule has 13 nitrogen and oxygen atoms in total. The van der Waals surface area contributed by atoms with Crippen molar-refractivity contribution < 1.29 is 61.6 Å². The molecule has 0 aromatic heterocycles. The Balaban J connectivity index is 4.73. The lowest BCUT2D eigenvalue weighted by molar-refractivity contribution is -0.161. The van der Waals surface area contributed by atoms with Crippen molar-refractivity contribution in [3.05, 3.63) is 97.2 Å². The predicted octanol–water partition coefficient (Wildman–Crippen LogP) is 11.3. The molecule has 0 aliphatic carbocycles. The fourth-order valence-electron chi connectivity index (χ4n) is 5.10. The molecular formula is C46H76O13P2. The Bertz CT molecular complexity index is 1440. The maximum absolute atomic E-state index is 12.6. The van der Waals surface area contributed by atoms with E-state index in [9.17, 15) is 28.7 Å². The van der Waals surface area contributed by atoms with Crippen LogP contribution in [0, 0.1) is 0 Å². The third-order valence-corrected chi connectivity index (χ3v) is 9.89. The van der Waals surface area contributed by atoms with Crippen molar-refractivity contribution in [1.82, 2.24) is 0 Å². The molecule has 0 aliphatic heterocycles. The summed E-state index contributed by atoms with van der Waals surface area (Å²) in [4.78, 5) is 52.6. The van der Waals surface area contributed by atoms with Crippen LogP contribution in [0.1, 0.15) is 142 Å². The number of aliphatic hydroxyl groups excluding tert-OH is 1. The molecule has 0 saturated heterocycles. The van der Waals surface area contributed by atoms with Crippen molar-refractivity contribution in [1.29, 1.82) is 0 Å². The van der Waals surface area contributed by atoms with E-state index in [1.165, 1.54) is 38.5 Å². The van der Waals surface area contributed by atoms with E-state index in [1.54, 1.807) is 0 Å². The fraction of sp³-hybridized carbons (Fsp3) is 0.609. The number of phosphoric ester groups is 2. The molecule has 0 spiro atoms. The van der Waals surface area contributed by atoms with Crippen LogP contribution in [0.4, 0.5) is 0 Å². The maximum atomic E-state index is 12.6. The minimum absolute atomic E-state index is 0.00586. The first-order valence-corrected chi connectivity index (χ1v) is 25.0. The minimum Gasteiger partial charge on any atom is -0.462 e. The van der Waals surface area contributed by atoms with Gasteiger partial charge in [0.2, 0.25) is 0 Å². The molecule has 0 bridgehead atoms. The highest BCUT2D eigenvalue weighted by Crippen LogP contribution is 2.43. The van der Waals surface area contributed by atoms with Crippen molar-refractivity contribution in [3.63, 3.8) is 0 Å². The summed E-state index contributed by atoms with van der Waals surface area (Å²) in [6.45, 7) is 1.56. The molecule has 15 heteroatoms. The van der Waals surface area contributed by atoms with Crippen LogP contribution in [0.25, 0.3) is 0 Å². The van der Waals surface area contributed by atoms with E-state index in [0.29, 0.717) is 19.3 Å². The molecule has 0 aromatic rings. The van der Waals surface area contributed by atoms with Crippen LogP contribution < -0.4 is 0 Å². The Morgan fingerprint density at radius 1 is 0.475 bits per heavy atom. The highest BCUT2D eigenvalue weighted by atomic mass is 31.2. The SMILES string of the molecule is CCCCCC=CCC=CCC=CCC=CCC=CCCC(=O)OC(COC(=O)CCCCC=CCC=CCC=CCCCCC)COP(=O)(O)OCC(O)COP(=O)(O)O. The van der Waals surface area contributed by atoms with E-state index in [1.807, 2.05) is 18.2 Å². The molecular weight excluding hydrogens is 822 g/mol. The molecule has 0 saturated carbocycles. The molecule has 3 unspecified atom stereocenters. The summed E-state index contributed by atoms with van der Waals surface area (Å²) < 4.78 is 47.6. The van der Waals surface area contributed by atoms with Crippen molar-refractivity contribution in [2.24, 2.45) is 0 Å². The number of unbranched alkanes of at least 4 members (excludes halogenated alkanes) is 8. The van der Waals surface area contributed by atoms with E-state index in [2.05, 4.69) is 102 Å². The Morgan fingerprint density at radius 3 is 1.31 bits per heavy atom. The predicted molar refractivity (Wildman–Crippen MR) is 243 cm³/mol. The van der Waals surface area contributed by atoms with Gasteiger partial charge in [-0.1, -0.05) is 137 Å². The number of carbonyl (C=O) groups excluding carboxylic acids is 2. The van der Waals surface area contributed by atoms with Gasteiger partial charge in [-0.15, -0.1) is 0 Å². The molecule has 4 N–H and O–H groups in total. The van der Waals surface area contributed by atoms with Gasteiger partial charge >= 0.3 is 27.6 Å². The number of aliphatic hydroxyl groups is 1. The van der Waals surface area contributed by atoms with Crippen molar-refractivity contribution in [3.8, 4) is 0 Å².